The standard InChI is InChI=1S/C14H10ClN3O3S/c15-10-4-2-5-11(8-10)16-14(22)17-13(19)9-3-1-6-12(7-9)18(20)21/h1-8H,(H2,16,17,19,22). The topological polar surface area (TPSA) is 84.3 Å². The Hall–Kier alpha value is -2.51. The second-order valence-electron chi connectivity index (χ2n) is 4.23. The van der Waals surface area contributed by atoms with Crippen LogP contribution in [0.3, 0.4) is 0 Å². The summed E-state index contributed by atoms with van der Waals surface area (Å²) in [7, 11) is 0. The number of nitro benzene ring substituents is 1. The van der Waals surface area contributed by atoms with E-state index in [1.807, 2.05) is 0 Å². The van der Waals surface area contributed by atoms with Gasteiger partial charge in [0.05, 0.1) is 4.92 Å². The molecular formula is C14H10ClN3O3S. The predicted octanol–water partition coefficient (Wildman–Crippen LogP) is 3.38. The number of non-ortho nitro benzene ring substituents is 1. The number of nitrogens with zero attached hydrogens (tertiary/aromatic N) is 1. The van der Waals surface area contributed by atoms with Crippen LogP contribution in [0, 0.1) is 10.1 Å². The molecule has 1 amide bonds. The number of carbonyl (C=O) groups is 1. The van der Waals surface area contributed by atoms with E-state index in [-0.39, 0.29) is 16.4 Å². The van der Waals surface area contributed by atoms with Crippen molar-refractivity contribution in [1.29, 1.82) is 0 Å². The van der Waals surface area contributed by atoms with Gasteiger partial charge in [-0.05, 0) is 36.5 Å². The first-order chi connectivity index (χ1) is 10.5. The predicted molar refractivity (Wildman–Crippen MR) is 88.2 cm³/mol. The Morgan fingerprint density at radius 2 is 1.91 bits per heavy atom. The van der Waals surface area contributed by atoms with Gasteiger partial charge in [-0.25, -0.2) is 0 Å². The van der Waals surface area contributed by atoms with E-state index in [9.17, 15) is 14.9 Å². The number of carbonyl (C=O) groups excluding carboxylic acids is 1. The van der Waals surface area contributed by atoms with E-state index in [0.717, 1.165) is 0 Å². The molecule has 0 aliphatic carbocycles. The van der Waals surface area contributed by atoms with Gasteiger partial charge in [-0.15, -0.1) is 0 Å². The zero-order valence-corrected chi connectivity index (χ0v) is 12.6. The van der Waals surface area contributed by atoms with Crippen molar-refractivity contribution in [3.05, 3.63) is 69.2 Å². The monoisotopic (exact) mass is 335 g/mol. The molecule has 2 aromatic rings. The SMILES string of the molecule is O=C(NC(=S)Nc1cccc(Cl)c1)c1cccc([N+](=O)[O-])c1. The maximum atomic E-state index is 12.0. The van der Waals surface area contributed by atoms with Gasteiger partial charge in [-0.3, -0.25) is 20.2 Å². The van der Waals surface area contributed by atoms with Gasteiger partial charge in [0.25, 0.3) is 11.6 Å². The summed E-state index contributed by atoms with van der Waals surface area (Å²) in [5.41, 5.74) is 0.600. The number of rotatable bonds is 3. The first-order valence-electron chi connectivity index (χ1n) is 6.08. The molecule has 6 nitrogen and oxygen atoms in total. The Balaban J connectivity index is 2.04. The third kappa shape index (κ3) is 4.24. The van der Waals surface area contributed by atoms with Crippen LogP contribution in [-0.2, 0) is 0 Å². The number of nitro groups is 1. The highest BCUT2D eigenvalue weighted by Crippen LogP contribution is 2.15. The van der Waals surface area contributed by atoms with Crippen LogP contribution in [0.5, 0.6) is 0 Å². The highest BCUT2D eigenvalue weighted by atomic mass is 35.5. The van der Waals surface area contributed by atoms with Crippen LogP contribution >= 0.6 is 23.8 Å². The second kappa shape index (κ2) is 6.97. The minimum absolute atomic E-state index is 0.0683. The molecule has 0 aromatic heterocycles. The molecule has 0 atom stereocenters. The fourth-order valence-corrected chi connectivity index (χ4v) is 2.07. The molecule has 2 N–H and O–H groups in total. The zero-order chi connectivity index (χ0) is 16.1. The lowest BCUT2D eigenvalue weighted by molar-refractivity contribution is -0.384. The quantitative estimate of drug-likeness (QED) is 0.510. The molecule has 0 saturated heterocycles. The average molecular weight is 336 g/mol. The van der Waals surface area contributed by atoms with Crippen molar-refractivity contribution in [2.45, 2.75) is 0 Å². The number of amides is 1. The lowest BCUT2D eigenvalue weighted by atomic mass is 10.2. The summed E-state index contributed by atoms with van der Waals surface area (Å²) < 4.78 is 0. The second-order valence-corrected chi connectivity index (χ2v) is 5.07. The molecule has 0 bridgehead atoms. The van der Waals surface area contributed by atoms with Crippen molar-refractivity contribution in [2.24, 2.45) is 0 Å². The number of nitrogens with one attached hydrogen (secondary N) is 2. The van der Waals surface area contributed by atoms with Gasteiger partial charge in [0.2, 0.25) is 0 Å². The Labute approximate surface area is 136 Å². The van der Waals surface area contributed by atoms with Gasteiger partial charge in [-0.1, -0.05) is 23.7 Å². The molecule has 112 valence electrons. The summed E-state index contributed by atoms with van der Waals surface area (Å²) in [6.45, 7) is 0. The summed E-state index contributed by atoms with van der Waals surface area (Å²) in [6.07, 6.45) is 0. The molecule has 0 saturated carbocycles. The molecule has 22 heavy (non-hydrogen) atoms. The first kappa shape index (κ1) is 15.9. The highest BCUT2D eigenvalue weighted by Gasteiger charge is 2.12. The molecule has 0 spiro atoms. The molecule has 0 unspecified atom stereocenters. The zero-order valence-electron chi connectivity index (χ0n) is 11.1. The normalized spacial score (nSPS) is 9.86. The summed E-state index contributed by atoms with van der Waals surface area (Å²) in [5, 5.41) is 16.5. The third-order valence-corrected chi connectivity index (χ3v) is 3.07. The van der Waals surface area contributed by atoms with E-state index in [4.69, 9.17) is 23.8 Å². The van der Waals surface area contributed by atoms with Crippen molar-refractivity contribution in [2.75, 3.05) is 5.32 Å². The van der Waals surface area contributed by atoms with Crippen LogP contribution in [0.15, 0.2) is 48.5 Å². The highest BCUT2D eigenvalue weighted by molar-refractivity contribution is 7.80. The van der Waals surface area contributed by atoms with Crippen LogP contribution in [0.2, 0.25) is 5.02 Å². The Morgan fingerprint density at radius 1 is 1.18 bits per heavy atom. The van der Waals surface area contributed by atoms with Crippen molar-refractivity contribution in [1.82, 2.24) is 5.32 Å². The fourth-order valence-electron chi connectivity index (χ4n) is 1.66. The van der Waals surface area contributed by atoms with Gasteiger partial charge in [0.15, 0.2) is 5.11 Å². The molecule has 0 aliphatic rings. The van der Waals surface area contributed by atoms with Crippen molar-refractivity contribution < 1.29 is 9.72 Å². The molecule has 2 aromatic carbocycles. The van der Waals surface area contributed by atoms with Crippen molar-refractivity contribution in [3.8, 4) is 0 Å². The fraction of sp³-hybridized carbons (Fsp3) is 0. The molecule has 0 heterocycles. The summed E-state index contributed by atoms with van der Waals surface area (Å²) in [5.74, 6) is -0.539. The van der Waals surface area contributed by atoms with Gasteiger partial charge in [0.1, 0.15) is 0 Å². The van der Waals surface area contributed by atoms with E-state index in [1.165, 1.54) is 24.3 Å². The van der Waals surface area contributed by atoms with E-state index in [2.05, 4.69) is 10.6 Å². The number of thiocarbonyl (C=S) groups is 1. The molecule has 0 fully saturated rings. The van der Waals surface area contributed by atoms with Gasteiger partial charge < -0.3 is 5.32 Å². The molecule has 2 rings (SSSR count). The van der Waals surface area contributed by atoms with Gasteiger partial charge in [-0.2, -0.15) is 0 Å². The minimum Gasteiger partial charge on any atom is -0.332 e. The van der Waals surface area contributed by atoms with E-state index in [1.54, 1.807) is 24.3 Å². The van der Waals surface area contributed by atoms with Crippen LogP contribution < -0.4 is 10.6 Å². The third-order valence-electron chi connectivity index (χ3n) is 2.63. The summed E-state index contributed by atoms with van der Waals surface area (Å²) in [4.78, 5) is 22.1. The van der Waals surface area contributed by atoms with Gasteiger partial charge >= 0.3 is 0 Å². The number of halogens is 1. The van der Waals surface area contributed by atoms with Crippen LogP contribution in [-0.4, -0.2) is 15.9 Å². The van der Waals surface area contributed by atoms with E-state index in [0.29, 0.717) is 10.7 Å². The molecule has 0 aliphatic heterocycles. The Morgan fingerprint density at radius 3 is 2.59 bits per heavy atom. The summed E-state index contributed by atoms with van der Waals surface area (Å²) in [6, 6.07) is 12.2. The Kier molecular flexibility index (Phi) is 5.03. The molecular weight excluding hydrogens is 326 g/mol. The van der Waals surface area contributed by atoms with Gasteiger partial charge in [0, 0.05) is 28.4 Å². The van der Waals surface area contributed by atoms with E-state index < -0.39 is 10.8 Å². The van der Waals surface area contributed by atoms with E-state index >= 15 is 0 Å². The maximum absolute atomic E-state index is 12.0. The van der Waals surface area contributed by atoms with Crippen LogP contribution in [0.4, 0.5) is 11.4 Å². The lowest BCUT2D eigenvalue weighted by Gasteiger charge is -2.09. The maximum Gasteiger partial charge on any atom is 0.270 e. The minimum atomic E-state index is -0.570. The molecule has 8 heteroatoms. The first-order valence-corrected chi connectivity index (χ1v) is 6.86. The average Bonchev–Trinajstić information content (AvgIpc) is 2.47. The van der Waals surface area contributed by atoms with Crippen LogP contribution in [0.25, 0.3) is 0 Å². The van der Waals surface area contributed by atoms with Crippen molar-refractivity contribution >= 4 is 46.2 Å². The van der Waals surface area contributed by atoms with Crippen molar-refractivity contribution in [3.63, 3.8) is 0 Å². The number of anilines is 1. The number of hydrogen-bond donors (Lipinski definition) is 2. The number of benzene rings is 2. The summed E-state index contributed by atoms with van der Waals surface area (Å²) >= 11 is 10.9. The van der Waals surface area contributed by atoms with Crippen LogP contribution in [0.1, 0.15) is 10.4 Å². The number of hydrogen-bond acceptors (Lipinski definition) is 4. The molecule has 0 radical (unpaired) electrons. The largest absolute Gasteiger partial charge is 0.332 e. The Bertz CT molecular complexity index is 752. The smallest absolute Gasteiger partial charge is 0.270 e. The lowest BCUT2D eigenvalue weighted by Crippen LogP contribution is -2.34.